The number of halogens is 1. The van der Waals surface area contributed by atoms with Crippen LogP contribution in [-0.4, -0.2) is 52.9 Å². The van der Waals surface area contributed by atoms with Crippen LogP contribution in [0, 0.1) is 12.7 Å². The average molecular weight is 407 g/mol. The van der Waals surface area contributed by atoms with Crippen LogP contribution >= 0.6 is 0 Å². The maximum Gasteiger partial charge on any atom is 0.259 e. The van der Waals surface area contributed by atoms with E-state index in [2.05, 4.69) is 5.16 Å². The molecule has 0 saturated carbocycles. The van der Waals surface area contributed by atoms with Crippen molar-refractivity contribution in [3.8, 4) is 11.3 Å². The fourth-order valence-electron chi connectivity index (χ4n) is 3.70. The zero-order valence-electron chi connectivity index (χ0n) is 16.7. The van der Waals surface area contributed by atoms with Gasteiger partial charge in [0.15, 0.2) is 0 Å². The maximum atomic E-state index is 14.0. The zero-order valence-corrected chi connectivity index (χ0v) is 16.7. The molecule has 6 nitrogen and oxygen atoms in total. The molecular formula is C23H22FN3O3. The summed E-state index contributed by atoms with van der Waals surface area (Å²) < 4.78 is 19.3. The first-order chi connectivity index (χ1) is 14.6. The van der Waals surface area contributed by atoms with Crippen LogP contribution in [0.1, 0.15) is 32.9 Å². The second-order valence-electron chi connectivity index (χ2n) is 7.25. The molecule has 1 aromatic heterocycles. The number of amides is 2. The molecule has 0 atom stereocenters. The number of aromatic nitrogens is 1. The molecule has 2 heterocycles. The molecule has 30 heavy (non-hydrogen) atoms. The largest absolute Gasteiger partial charge is 0.360 e. The lowest BCUT2D eigenvalue weighted by Gasteiger charge is -2.22. The van der Waals surface area contributed by atoms with Crippen molar-refractivity contribution in [2.45, 2.75) is 13.3 Å². The zero-order chi connectivity index (χ0) is 21.1. The Morgan fingerprint density at radius 1 is 0.900 bits per heavy atom. The van der Waals surface area contributed by atoms with E-state index in [4.69, 9.17) is 4.52 Å². The van der Waals surface area contributed by atoms with E-state index in [1.54, 1.807) is 28.9 Å². The van der Waals surface area contributed by atoms with Crippen LogP contribution in [0.25, 0.3) is 11.3 Å². The summed E-state index contributed by atoms with van der Waals surface area (Å²) in [6.07, 6.45) is 0.608. The van der Waals surface area contributed by atoms with Crippen molar-refractivity contribution in [3.63, 3.8) is 0 Å². The Morgan fingerprint density at radius 2 is 1.53 bits per heavy atom. The summed E-state index contributed by atoms with van der Waals surface area (Å²) in [6.45, 7) is 3.38. The summed E-state index contributed by atoms with van der Waals surface area (Å²) in [4.78, 5) is 29.3. The van der Waals surface area contributed by atoms with Crippen LogP contribution in [0.5, 0.6) is 0 Å². The summed E-state index contributed by atoms with van der Waals surface area (Å²) in [6, 6.07) is 15.4. The van der Waals surface area contributed by atoms with Gasteiger partial charge in [0.25, 0.3) is 11.8 Å². The summed E-state index contributed by atoms with van der Waals surface area (Å²) >= 11 is 0. The number of hydrogen-bond donors (Lipinski definition) is 0. The third-order valence-corrected chi connectivity index (χ3v) is 5.30. The Bertz CT molecular complexity index is 1060. The molecule has 3 aromatic rings. The second kappa shape index (κ2) is 8.49. The van der Waals surface area contributed by atoms with Crippen LogP contribution in [0.15, 0.2) is 59.1 Å². The third kappa shape index (κ3) is 3.83. The minimum Gasteiger partial charge on any atom is -0.360 e. The highest BCUT2D eigenvalue weighted by Crippen LogP contribution is 2.27. The number of carbonyl (C=O) groups is 2. The van der Waals surface area contributed by atoms with E-state index in [9.17, 15) is 14.0 Å². The van der Waals surface area contributed by atoms with Crippen molar-refractivity contribution in [2.75, 3.05) is 26.2 Å². The van der Waals surface area contributed by atoms with Crippen LogP contribution in [0.2, 0.25) is 0 Å². The van der Waals surface area contributed by atoms with Crippen molar-refractivity contribution >= 4 is 11.8 Å². The van der Waals surface area contributed by atoms with Crippen LogP contribution < -0.4 is 0 Å². The summed E-state index contributed by atoms with van der Waals surface area (Å²) in [5.41, 5.74) is 1.82. The first-order valence-electron chi connectivity index (χ1n) is 9.91. The normalized spacial score (nSPS) is 14.5. The lowest BCUT2D eigenvalue weighted by molar-refractivity contribution is 0.0715. The van der Waals surface area contributed by atoms with E-state index < -0.39 is 5.82 Å². The van der Waals surface area contributed by atoms with Gasteiger partial charge in [0.1, 0.15) is 22.8 Å². The van der Waals surface area contributed by atoms with Crippen molar-refractivity contribution in [1.29, 1.82) is 0 Å². The van der Waals surface area contributed by atoms with E-state index >= 15 is 0 Å². The van der Waals surface area contributed by atoms with Crippen LogP contribution in [0.3, 0.4) is 0 Å². The van der Waals surface area contributed by atoms with Gasteiger partial charge in [-0.3, -0.25) is 9.59 Å². The highest BCUT2D eigenvalue weighted by molar-refractivity contribution is 6.01. The predicted molar refractivity (Wildman–Crippen MR) is 110 cm³/mol. The number of carbonyl (C=O) groups excluding carboxylic acids is 2. The molecule has 0 unspecified atom stereocenters. The van der Waals surface area contributed by atoms with E-state index in [1.165, 1.54) is 12.1 Å². The summed E-state index contributed by atoms with van der Waals surface area (Å²) in [5.74, 6) is -0.601. The minimum atomic E-state index is -0.535. The van der Waals surface area contributed by atoms with Gasteiger partial charge in [0.05, 0.1) is 5.56 Å². The molecule has 4 rings (SSSR count). The van der Waals surface area contributed by atoms with Gasteiger partial charge in [0, 0.05) is 31.7 Å². The molecule has 1 aliphatic heterocycles. The Hall–Kier alpha value is -3.48. The molecule has 0 N–H and O–H groups in total. The van der Waals surface area contributed by atoms with Gasteiger partial charge in [-0.05, 0) is 25.5 Å². The first-order valence-corrected chi connectivity index (χ1v) is 9.91. The SMILES string of the molecule is Cc1onc(-c2ccccc2)c1C(=O)N1CCCN(C(=O)c2ccccc2F)CC1. The minimum absolute atomic E-state index is 0.0542. The highest BCUT2D eigenvalue weighted by Gasteiger charge is 2.29. The maximum absolute atomic E-state index is 14.0. The van der Waals surface area contributed by atoms with Crippen molar-refractivity contribution in [3.05, 3.63) is 77.3 Å². The Balaban J connectivity index is 1.52. The second-order valence-corrected chi connectivity index (χ2v) is 7.25. The van der Waals surface area contributed by atoms with Crippen molar-refractivity contribution in [2.24, 2.45) is 0 Å². The molecular weight excluding hydrogens is 385 g/mol. The summed E-state index contributed by atoms with van der Waals surface area (Å²) in [7, 11) is 0. The lowest BCUT2D eigenvalue weighted by atomic mass is 10.1. The summed E-state index contributed by atoms with van der Waals surface area (Å²) in [5, 5.41) is 4.09. The van der Waals surface area contributed by atoms with Gasteiger partial charge in [-0.2, -0.15) is 0 Å². The molecule has 0 aliphatic carbocycles. The molecule has 154 valence electrons. The Kier molecular flexibility index (Phi) is 5.61. The van der Waals surface area contributed by atoms with E-state index in [0.29, 0.717) is 49.6 Å². The van der Waals surface area contributed by atoms with Gasteiger partial charge in [0.2, 0.25) is 0 Å². The van der Waals surface area contributed by atoms with Crippen LogP contribution in [-0.2, 0) is 0 Å². The van der Waals surface area contributed by atoms with Crippen LogP contribution in [0.4, 0.5) is 4.39 Å². The standard InChI is InChI=1S/C23H22FN3O3/c1-16-20(21(25-30-16)17-8-3-2-4-9-17)23(29)27-13-7-12-26(14-15-27)22(28)18-10-5-6-11-19(18)24/h2-6,8-11H,7,12-15H2,1H3. The predicted octanol–water partition coefficient (Wildman–Crippen LogP) is 3.78. The Morgan fingerprint density at radius 3 is 2.23 bits per heavy atom. The van der Waals surface area contributed by atoms with E-state index in [-0.39, 0.29) is 17.4 Å². The van der Waals surface area contributed by atoms with Gasteiger partial charge in [-0.15, -0.1) is 0 Å². The Labute approximate surface area is 173 Å². The van der Waals surface area contributed by atoms with E-state index in [1.807, 2.05) is 30.3 Å². The topological polar surface area (TPSA) is 66.7 Å². The first kappa shape index (κ1) is 19.8. The van der Waals surface area contributed by atoms with Gasteiger partial charge < -0.3 is 14.3 Å². The molecule has 1 saturated heterocycles. The molecule has 0 bridgehead atoms. The van der Waals surface area contributed by atoms with Crippen molar-refractivity contribution in [1.82, 2.24) is 15.0 Å². The van der Waals surface area contributed by atoms with Gasteiger partial charge >= 0.3 is 0 Å². The third-order valence-electron chi connectivity index (χ3n) is 5.30. The number of hydrogen-bond acceptors (Lipinski definition) is 4. The molecule has 0 spiro atoms. The smallest absolute Gasteiger partial charge is 0.259 e. The van der Waals surface area contributed by atoms with Gasteiger partial charge in [-0.25, -0.2) is 4.39 Å². The average Bonchev–Trinajstić information content (AvgIpc) is 2.98. The molecule has 1 aliphatic rings. The molecule has 2 amide bonds. The van der Waals surface area contributed by atoms with Gasteiger partial charge in [-0.1, -0.05) is 47.6 Å². The fourth-order valence-corrected chi connectivity index (χ4v) is 3.70. The molecule has 0 radical (unpaired) electrons. The fraction of sp³-hybridized carbons (Fsp3) is 0.261. The van der Waals surface area contributed by atoms with E-state index in [0.717, 1.165) is 5.56 Å². The molecule has 2 aromatic carbocycles. The lowest BCUT2D eigenvalue weighted by Crippen LogP contribution is -2.37. The monoisotopic (exact) mass is 407 g/mol. The number of nitrogens with zero attached hydrogens (tertiary/aromatic N) is 3. The number of aryl methyl sites for hydroxylation is 1. The van der Waals surface area contributed by atoms with Crippen molar-refractivity contribution < 1.29 is 18.5 Å². The number of rotatable bonds is 3. The number of benzene rings is 2. The molecule has 7 heteroatoms. The highest BCUT2D eigenvalue weighted by atomic mass is 19.1. The molecule has 1 fully saturated rings. The quantitative estimate of drug-likeness (QED) is 0.663.